The van der Waals surface area contributed by atoms with E-state index >= 15 is 0 Å². The van der Waals surface area contributed by atoms with Crippen LogP contribution in [0.2, 0.25) is 0 Å². The first-order chi connectivity index (χ1) is 19.8. The molecule has 1 aromatic heterocycles. The van der Waals surface area contributed by atoms with Crippen LogP contribution in [0, 0.1) is 25.2 Å². The van der Waals surface area contributed by atoms with Gasteiger partial charge < -0.3 is 19.4 Å². The van der Waals surface area contributed by atoms with Crippen molar-refractivity contribution in [2.75, 3.05) is 44.7 Å². The van der Waals surface area contributed by atoms with Crippen LogP contribution in [-0.2, 0) is 29.5 Å². The Labute approximate surface area is 244 Å². The van der Waals surface area contributed by atoms with Crippen LogP contribution in [0.3, 0.4) is 0 Å². The van der Waals surface area contributed by atoms with Crippen LogP contribution in [0.15, 0.2) is 24.8 Å². The number of benzene rings is 1. The van der Waals surface area contributed by atoms with Crippen LogP contribution in [0.4, 0.5) is 5.82 Å². The molecule has 0 saturated carbocycles. The van der Waals surface area contributed by atoms with E-state index in [2.05, 4.69) is 55.5 Å². The maximum absolute atomic E-state index is 12.5. The molecule has 1 amide bonds. The molecule has 0 bridgehead atoms. The Bertz CT molecular complexity index is 1400. The fraction of sp³-hybridized carbons (Fsp3) is 0.576. The molecule has 3 atom stereocenters. The third-order valence-corrected chi connectivity index (χ3v) is 10.0. The van der Waals surface area contributed by atoms with Crippen molar-refractivity contribution >= 4 is 11.7 Å². The number of amides is 1. The third-order valence-electron chi connectivity index (χ3n) is 10.0. The summed E-state index contributed by atoms with van der Waals surface area (Å²) in [7, 11) is 2.16. The summed E-state index contributed by atoms with van der Waals surface area (Å²) in [5, 5.41) is 9.53. The highest BCUT2D eigenvalue weighted by atomic mass is 16.5. The highest BCUT2D eigenvalue weighted by Crippen LogP contribution is 2.50. The van der Waals surface area contributed by atoms with Gasteiger partial charge in [0.05, 0.1) is 24.2 Å². The van der Waals surface area contributed by atoms with Gasteiger partial charge in [0.25, 0.3) is 0 Å². The van der Waals surface area contributed by atoms with Crippen molar-refractivity contribution in [1.29, 1.82) is 5.26 Å². The average Bonchev–Trinajstić information content (AvgIpc) is 3.53. The van der Waals surface area contributed by atoms with Gasteiger partial charge in [-0.1, -0.05) is 24.3 Å². The number of anilines is 1. The number of likely N-dealkylation sites (N-methyl/N-ethyl adjacent to an activating group) is 1. The lowest BCUT2D eigenvalue weighted by Crippen LogP contribution is -2.55. The number of aromatic nitrogens is 2. The van der Waals surface area contributed by atoms with Crippen LogP contribution < -0.4 is 9.64 Å². The van der Waals surface area contributed by atoms with E-state index in [-0.39, 0.29) is 23.8 Å². The Morgan fingerprint density at radius 2 is 2.02 bits per heavy atom. The van der Waals surface area contributed by atoms with Crippen LogP contribution in [0.5, 0.6) is 6.01 Å². The predicted octanol–water partition coefficient (Wildman–Crippen LogP) is 4.06. The Kier molecular flexibility index (Phi) is 7.50. The molecule has 8 heteroatoms. The second-order valence-electron chi connectivity index (χ2n) is 12.6. The number of rotatable bonds is 6. The first-order valence-electron chi connectivity index (χ1n) is 15.2. The minimum Gasteiger partial charge on any atom is -0.462 e. The van der Waals surface area contributed by atoms with Gasteiger partial charge in [0.2, 0.25) is 5.91 Å². The molecule has 3 heterocycles. The molecule has 2 aliphatic carbocycles. The first-order valence-corrected chi connectivity index (χ1v) is 15.2. The lowest BCUT2D eigenvalue weighted by molar-refractivity contribution is -0.128. The molecular formula is C33H42N6O2. The molecule has 2 aliphatic heterocycles. The van der Waals surface area contributed by atoms with E-state index in [1.165, 1.54) is 40.3 Å². The number of ether oxygens (including phenoxy) is 1. The summed E-state index contributed by atoms with van der Waals surface area (Å²) in [6.07, 6.45) is 9.11. The van der Waals surface area contributed by atoms with Gasteiger partial charge in [-0.3, -0.25) is 4.79 Å². The third kappa shape index (κ3) is 5.10. The van der Waals surface area contributed by atoms with Crippen molar-refractivity contribution in [3.63, 3.8) is 0 Å². The molecule has 0 radical (unpaired) electrons. The zero-order valence-corrected chi connectivity index (χ0v) is 24.8. The summed E-state index contributed by atoms with van der Waals surface area (Å²) in [6, 6.07) is 7.62. The van der Waals surface area contributed by atoms with Gasteiger partial charge in [0.15, 0.2) is 0 Å². The summed E-state index contributed by atoms with van der Waals surface area (Å²) in [6.45, 7) is 11.6. The molecule has 2 fully saturated rings. The number of likely N-dealkylation sites (tertiary alicyclic amines) is 1. The normalized spacial score (nSPS) is 25.6. The Hall–Kier alpha value is -3.44. The van der Waals surface area contributed by atoms with Gasteiger partial charge in [0.1, 0.15) is 12.4 Å². The first kappa shape index (κ1) is 27.7. The summed E-state index contributed by atoms with van der Waals surface area (Å²) >= 11 is 0. The Morgan fingerprint density at radius 3 is 2.78 bits per heavy atom. The Balaban J connectivity index is 1.35. The monoisotopic (exact) mass is 554 g/mol. The van der Waals surface area contributed by atoms with E-state index in [0.717, 1.165) is 56.6 Å². The molecule has 216 valence electrons. The van der Waals surface area contributed by atoms with Gasteiger partial charge >= 0.3 is 6.01 Å². The van der Waals surface area contributed by atoms with Crippen molar-refractivity contribution in [3.8, 4) is 12.1 Å². The molecule has 0 N–H and O–H groups in total. The lowest BCUT2D eigenvalue weighted by Gasteiger charge is -2.43. The van der Waals surface area contributed by atoms with Crippen molar-refractivity contribution < 1.29 is 9.53 Å². The number of carbonyl (C=O) groups is 1. The molecule has 6 rings (SSSR count). The molecular weight excluding hydrogens is 512 g/mol. The average molecular weight is 555 g/mol. The van der Waals surface area contributed by atoms with Crippen molar-refractivity contribution in [2.45, 2.75) is 82.7 Å². The van der Waals surface area contributed by atoms with Crippen molar-refractivity contribution in [1.82, 2.24) is 19.8 Å². The molecule has 41 heavy (non-hydrogen) atoms. The summed E-state index contributed by atoms with van der Waals surface area (Å²) in [5.74, 6) is 0.805. The van der Waals surface area contributed by atoms with Crippen molar-refractivity contribution in [2.24, 2.45) is 0 Å². The second-order valence-corrected chi connectivity index (χ2v) is 12.6. The molecule has 3 unspecified atom stereocenters. The van der Waals surface area contributed by atoms with Gasteiger partial charge in [-0.2, -0.15) is 15.2 Å². The molecule has 1 spiro atoms. The zero-order chi connectivity index (χ0) is 28.7. The minimum absolute atomic E-state index is 0.104. The number of fused-ring (bicyclic) bond motifs is 3. The standard InChI is InChI=1S/C33H42N6O2/c1-5-29(40)39-16-15-38(20-25(39)10-13-34)31-27-9-12-33(11-8-24-18-22(2)17-23(3)30(24)33)19-28(27)35-32(36-31)41-21-26-7-6-14-37(26)4/h5,17-18,25-26H,1,6-12,14-16,19-21H2,2-4H3. The SMILES string of the molecule is C=CC(=O)N1CCN(c2nc(OCC3CCCN3C)nc3c2CCC2(CCc4cc(C)cc(C)c42)C3)CC1CC#N. The largest absolute Gasteiger partial charge is 0.462 e. The summed E-state index contributed by atoms with van der Waals surface area (Å²) in [5.41, 5.74) is 8.19. The number of aryl methyl sites for hydroxylation is 3. The van der Waals surface area contributed by atoms with Crippen LogP contribution in [0.1, 0.15) is 65.6 Å². The fourth-order valence-electron chi connectivity index (χ4n) is 8.03. The molecule has 8 nitrogen and oxygen atoms in total. The molecule has 2 saturated heterocycles. The topological polar surface area (TPSA) is 85.6 Å². The van der Waals surface area contributed by atoms with Gasteiger partial charge in [-0.25, -0.2) is 0 Å². The number of nitriles is 1. The highest BCUT2D eigenvalue weighted by molar-refractivity contribution is 5.87. The second kappa shape index (κ2) is 11.1. The minimum atomic E-state index is -0.205. The van der Waals surface area contributed by atoms with E-state index in [1.807, 2.05) is 0 Å². The number of nitrogens with zero attached hydrogens (tertiary/aromatic N) is 6. The maximum atomic E-state index is 12.5. The quantitative estimate of drug-likeness (QED) is 0.498. The maximum Gasteiger partial charge on any atom is 0.318 e. The molecule has 4 aliphatic rings. The molecule has 1 aromatic carbocycles. The van der Waals surface area contributed by atoms with Crippen LogP contribution in [0.25, 0.3) is 0 Å². The van der Waals surface area contributed by atoms with Gasteiger partial charge in [-0.05, 0) is 88.7 Å². The van der Waals surface area contributed by atoms with Gasteiger partial charge in [-0.15, -0.1) is 0 Å². The smallest absolute Gasteiger partial charge is 0.318 e. The van der Waals surface area contributed by atoms with E-state index in [1.54, 1.807) is 4.90 Å². The predicted molar refractivity (Wildman–Crippen MR) is 159 cm³/mol. The number of hydrogen-bond donors (Lipinski definition) is 0. The number of carbonyl (C=O) groups excluding carboxylic acids is 1. The van der Waals surface area contributed by atoms with Gasteiger partial charge in [0, 0.05) is 43.1 Å². The summed E-state index contributed by atoms with van der Waals surface area (Å²) < 4.78 is 6.35. The van der Waals surface area contributed by atoms with E-state index < -0.39 is 0 Å². The zero-order valence-electron chi connectivity index (χ0n) is 24.8. The lowest BCUT2D eigenvalue weighted by atomic mass is 9.68. The van der Waals surface area contributed by atoms with E-state index in [4.69, 9.17) is 14.7 Å². The number of hydrogen-bond acceptors (Lipinski definition) is 7. The number of piperazine rings is 1. The highest BCUT2D eigenvalue weighted by Gasteiger charge is 2.44. The van der Waals surface area contributed by atoms with E-state index in [0.29, 0.717) is 38.3 Å². The summed E-state index contributed by atoms with van der Waals surface area (Å²) in [4.78, 5) is 29.1. The van der Waals surface area contributed by atoms with Crippen molar-refractivity contribution in [3.05, 3.63) is 58.3 Å². The van der Waals surface area contributed by atoms with Crippen LogP contribution in [-0.4, -0.2) is 77.6 Å². The van der Waals surface area contributed by atoms with Crippen LogP contribution >= 0.6 is 0 Å². The Morgan fingerprint density at radius 1 is 1.20 bits per heavy atom. The van der Waals surface area contributed by atoms with E-state index in [9.17, 15) is 10.1 Å². The molecule has 2 aromatic rings. The fourth-order valence-corrected chi connectivity index (χ4v) is 8.03.